The molecule has 1 fully saturated rings. The molecule has 7 heteroatoms. The maximum absolute atomic E-state index is 12.8. The van der Waals surface area contributed by atoms with Gasteiger partial charge in [0, 0.05) is 16.1 Å². The lowest BCUT2D eigenvalue weighted by atomic mass is 9.91. The van der Waals surface area contributed by atoms with Crippen molar-refractivity contribution in [2.24, 2.45) is 0 Å². The number of fused-ring (bicyclic) bond motifs is 1. The second kappa shape index (κ2) is 8.11. The van der Waals surface area contributed by atoms with Crippen LogP contribution in [0.25, 0.3) is 21.3 Å². The number of aryl methyl sites for hydroxylation is 1. The van der Waals surface area contributed by atoms with Crippen LogP contribution in [0.1, 0.15) is 37.0 Å². The van der Waals surface area contributed by atoms with Gasteiger partial charge in [-0.1, -0.05) is 23.7 Å². The zero-order chi connectivity index (χ0) is 19.8. The molecule has 0 spiro atoms. The number of rotatable bonds is 6. The van der Waals surface area contributed by atoms with E-state index in [2.05, 4.69) is 20.9 Å². The van der Waals surface area contributed by atoms with Crippen LogP contribution in [0.3, 0.4) is 0 Å². The molecule has 0 unspecified atom stereocenters. The standard InChI is InChI=1S/C21H19BrClNO3S/c1-3-26-20(25)18(27-14-8-9-14)16-11(2)10-15-19(28-21(22)24-15)17(16)12-4-6-13(23)7-5-12/h4-7,10,14,18H,3,8-9H2,1-2H3/t18-/m1/s1. The number of halogens is 2. The SMILES string of the molecule is CCOC(=O)[C@H](OC1CC1)c1c(C)cc2nc(Br)sc2c1-c1ccc(Cl)cc1. The fraction of sp³-hybridized carbons (Fsp3) is 0.333. The number of ether oxygens (including phenoxy) is 2. The molecular weight excluding hydrogens is 462 g/mol. The third-order valence-electron chi connectivity index (χ3n) is 4.65. The maximum Gasteiger partial charge on any atom is 0.339 e. The Labute approximate surface area is 181 Å². The van der Waals surface area contributed by atoms with Crippen LogP contribution in [-0.2, 0) is 14.3 Å². The first-order chi connectivity index (χ1) is 13.5. The van der Waals surface area contributed by atoms with Gasteiger partial charge in [0.15, 0.2) is 10.0 Å². The van der Waals surface area contributed by atoms with Gasteiger partial charge < -0.3 is 9.47 Å². The number of carbonyl (C=O) groups excluding carboxylic acids is 1. The quantitative estimate of drug-likeness (QED) is 0.379. The predicted octanol–water partition coefficient (Wildman–Crippen LogP) is 6.47. The average Bonchev–Trinajstić information content (AvgIpc) is 3.40. The lowest BCUT2D eigenvalue weighted by Crippen LogP contribution is -2.21. The molecule has 1 aliphatic rings. The van der Waals surface area contributed by atoms with E-state index in [-0.39, 0.29) is 12.1 Å². The van der Waals surface area contributed by atoms with Crippen LogP contribution in [0.2, 0.25) is 5.02 Å². The largest absolute Gasteiger partial charge is 0.464 e. The number of thiazole rings is 1. The van der Waals surface area contributed by atoms with Crippen molar-refractivity contribution in [1.82, 2.24) is 4.98 Å². The topological polar surface area (TPSA) is 48.4 Å². The van der Waals surface area contributed by atoms with E-state index >= 15 is 0 Å². The van der Waals surface area contributed by atoms with Gasteiger partial charge in [0.1, 0.15) is 0 Å². The first kappa shape index (κ1) is 19.8. The van der Waals surface area contributed by atoms with Crippen LogP contribution in [0.4, 0.5) is 0 Å². The summed E-state index contributed by atoms with van der Waals surface area (Å²) in [6, 6.07) is 9.64. The van der Waals surface area contributed by atoms with E-state index < -0.39 is 6.10 Å². The van der Waals surface area contributed by atoms with Gasteiger partial charge in [0.2, 0.25) is 0 Å². The predicted molar refractivity (Wildman–Crippen MR) is 116 cm³/mol. The van der Waals surface area contributed by atoms with Crippen LogP contribution in [-0.4, -0.2) is 23.7 Å². The molecule has 2 aromatic carbocycles. The van der Waals surface area contributed by atoms with E-state index in [0.717, 1.165) is 49.2 Å². The minimum Gasteiger partial charge on any atom is -0.464 e. The number of hydrogen-bond donors (Lipinski definition) is 0. The first-order valence-corrected chi connectivity index (χ1v) is 11.1. The van der Waals surface area contributed by atoms with Crippen molar-refractivity contribution in [3.8, 4) is 11.1 Å². The number of esters is 1. The Bertz CT molecular complexity index is 1030. The lowest BCUT2D eigenvalue weighted by molar-refractivity contribution is -0.158. The number of carbonyl (C=O) groups is 1. The molecular formula is C21H19BrClNO3S. The molecule has 0 aliphatic heterocycles. The van der Waals surface area contributed by atoms with Crippen molar-refractivity contribution in [2.45, 2.75) is 38.9 Å². The number of benzene rings is 2. The van der Waals surface area contributed by atoms with Crippen molar-refractivity contribution >= 4 is 55.1 Å². The Hall–Kier alpha value is -1.47. The van der Waals surface area contributed by atoms with Gasteiger partial charge in [0.25, 0.3) is 0 Å². The summed E-state index contributed by atoms with van der Waals surface area (Å²) in [6.45, 7) is 4.11. The molecule has 1 aromatic heterocycles. The van der Waals surface area contributed by atoms with Gasteiger partial charge >= 0.3 is 5.97 Å². The molecule has 1 saturated carbocycles. The zero-order valence-corrected chi connectivity index (χ0v) is 18.7. The molecule has 4 rings (SSSR count). The molecule has 3 aromatic rings. The number of hydrogen-bond acceptors (Lipinski definition) is 5. The second-order valence-corrected chi connectivity index (χ2v) is 9.48. The Morgan fingerprint density at radius 1 is 1.36 bits per heavy atom. The fourth-order valence-corrected chi connectivity index (χ4v) is 4.94. The summed E-state index contributed by atoms with van der Waals surface area (Å²) in [5, 5.41) is 0.663. The normalized spacial score (nSPS) is 15.0. The fourth-order valence-electron chi connectivity index (χ4n) is 3.28. The van der Waals surface area contributed by atoms with Gasteiger partial charge in [-0.2, -0.15) is 0 Å². The summed E-state index contributed by atoms with van der Waals surface area (Å²) in [7, 11) is 0. The van der Waals surface area contributed by atoms with Crippen molar-refractivity contribution in [3.63, 3.8) is 0 Å². The molecule has 0 amide bonds. The molecule has 1 aliphatic carbocycles. The van der Waals surface area contributed by atoms with Crippen molar-refractivity contribution in [1.29, 1.82) is 0 Å². The van der Waals surface area contributed by atoms with E-state index in [4.69, 9.17) is 21.1 Å². The Balaban J connectivity index is 1.97. The first-order valence-electron chi connectivity index (χ1n) is 9.15. The van der Waals surface area contributed by atoms with Gasteiger partial charge in [-0.05, 0) is 71.9 Å². The summed E-state index contributed by atoms with van der Waals surface area (Å²) in [4.78, 5) is 17.4. The number of nitrogens with zero attached hydrogens (tertiary/aromatic N) is 1. The van der Waals surface area contributed by atoms with Gasteiger partial charge in [-0.15, -0.1) is 11.3 Å². The Morgan fingerprint density at radius 3 is 2.71 bits per heavy atom. The van der Waals surface area contributed by atoms with Gasteiger partial charge in [-0.25, -0.2) is 9.78 Å². The van der Waals surface area contributed by atoms with Crippen LogP contribution in [0.15, 0.2) is 34.2 Å². The molecule has 0 bridgehead atoms. The summed E-state index contributed by atoms with van der Waals surface area (Å²) >= 11 is 11.1. The number of aromatic nitrogens is 1. The molecule has 0 saturated heterocycles. The smallest absolute Gasteiger partial charge is 0.339 e. The molecule has 146 valence electrons. The molecule has 0 radical (unpaired) electrons. The van der Waals surface area contributed by atoms with Crippen molar-refractivity contribution < 1.29 is 14.3 Å². The molecule has 0 N–H and O–H groups in total. The third-order valence-corrected chi connectivity index (χ3v) is 6.44. The monoisotopic (exact) mass is 479 g/mol. The minimum absolute atomic E-state index is 0.107. The summed E-state index contributed by atoms with van der Waals surface area (Å²) < 4.78 is 13.3. The third kappa shape index (κ3) is 3.96. The van der Waals surface area contributed by atoms with Gasteiger partial charge in [-0.3, -0.25) is 0 Å². The minimum atomic E-state index is -0.761. The maximum atomic E-state index is 12.8. The van der Waals surface area contributed by atoms with E-state index in [1.165, 1.54) is 0 Å². The Kier molecular flexibility index (Phi) is 5.74. The lowest BCUT2D eigenvalue weighted by Gasteiger charge is -2.22. The molecule has 1 heterocycles. The highest BCUT2D eigenvalue weighted by atomic mass is 79.9. The highest BCUT2D eigenvalue weighted by molar-refractivity contribution is 9.11. The summed E-state index contributed by atoms with van der Waals surface area (Å²) in [5.74, 6) is -0.351. The molecule has 1 atom stereocenters. The summed E-state index contributed by atoms with van der Waals surface area (Å²) in [6.07, 6.45) is 1.29. The van der Waals surface area contributed by atoms with Crippen LogP contribution < -0.4 is 0 Å². The molecule has 28 heavy (non-hydrogen) atoms. The summed E-state index contributed by atoms with van der Waals surface area (Å²) in [5.41, 5.74) is 4.61. The van der Waals surface area contributed by atoms with Crippen LogP contribution in [0, 0.1) is 6.92 Å². The average molecular weight is 481 g/mol. The van der Waals surface area contributed by atoms with Gasteiger partial charge in [0.05, 0.1) is 22.9 Å². The highest BCUT2D eigenvalue weighted by Gasteiger charge is 2.35. The van der Waals surface area contributed by atoms with E-state index in [0.29, 0.717) is 11.6 Å². The van der Waals surface area contributed by atoms with E-state index in [9.17, 15) is 4.79 Å². The van der Waals surface area contributed by atoms with Crippen molar-refractivity contribution in [2.75, 3.05) is 6.61 Å². The second-order valence-electron chi connectivity index (χ2n) is 6.77. The zero-order valence-electron chi connectivity index (χ0n) is 15.5. The Morgan fingerprint density at radius 2 is 2.07 bits per heavy atom. The van der Waals surface area contributed by atoms with E-state index in [1.54, 1.807) is 11.3 Å². The van der Waals surface area contributed by atoms with Crippen LogP contribution >= 0.6 is 38.9 Å². The van der Waals surface area contributed by atoms with Crippen LogP contribution in [0.5, 0.6) is 0 Å². The molecule has 4 nitrogen and oxygen atoms in total. The van der Waals surface area contributed by atoms with E-state index in [1.807, 2.05) is 44.2 Å². The highest BCUT2D eigenvalue weighted by Crippen LogP contribution is 2.44. The van der Waals surface area contributed by atoms with Crippen molar-refractivity contribution in [3.05, 3.63) is 50.4 Å².